The minimum atomic E-state index is -3.66. The molecule has 0 aliphatic carbocycles. The Morgan fingerprint density at radius 3 is 2.35 bits per heavy atom. The number of nitrogens with two attached hydrogens (primary N) is 1. The molecule has 0 bridgehead atoms. The van der Waals surface area contributed by atoms with Crippen molar-refractivity contribution in [3.05, 3.63) is 48.0 Å². The zero-order valence-corrected chi connectivity index (χ0v) is 12.1. The van der Waals surface area contributed by atoms with E-state index < -0.39 is 10.0 Å². The molecule has 0 spiro atoms. The Balaban J connectivity index is 2.33. The summed E-state index contributed by atoms with van der Waals surface area (Å²) in [5.41, 5.74) is 7.63. The molecule has 2 aromatic rings. The quantitative estimate of drug-likeness (QED) is 0.848. The Morgan fingerprint density at radius 1 is 1.10 bits per heavy atom. The predicted octanol–water partition coefficient (Wildman–Crippen LogP) is 2.39. The number of hydrogen-bond donors (Lipinski definition) is 2. The van der Waals surface area contributed by atoms with Gasteiger partial charge in [0, 0.05) is 11.8 Å². The number of nitrogens with one attached hydrogen (secondary N) is 1. The van der Waals surface area contributed by atoms with E-state index in [0.717, 1.165) is 5.56 Å². The molecular weight excluding hydrogens is 276 g/mol. The normalized spacial score (nSPS) is 11.1. The van der Waals surface area contributed by atoms with Crippen molar-refractivity contribution < 1.29 is 13.2 Å². The van der Waals surface area contributed by atoms with Crippen molar-refractivity contribution >= 4 is 21.4 Å². The van der Waals surface area contributed by atoms with Crippen LogP contribution in [0.3, 0.4) is 0 Å². The summed E-state index contributed by atoms with van der Waals surface area (Å²) in [6, 6.07) is 11.4. The van der Waals surface area contributed by atoms with Crippen LogP contribution in [0.25, 0.3) is 0 Å². The number of sulfonamides is 1. The fourth-order valence-electron chi connectivity index (χ4n) is 1.69. The zero-order valence-electron chi connectivity index (χ0n) is 11.3. The van der Waals surface area contributed by atoms with Gasteiger partial charge in [0.15, 0.2) is 0 Å². The molecule has 0 atom stereocenters. The van der Waals surface area contributed by atoms with Gasteiger partial charge in [-0.05, 0) is 31.2 Å². The van der Waals surface area contributed by atoms with E-state index >= 15 is 0 Å². The fourth-order valence-corrected chi connectivity index (χ4v) is 2.77. The number of aryl methyl sites for hydroxylation is 1. The van der Waals surface area contributed by atoms with E-state index in [2.05, 4.69) is 4.72 Å². The first-order valence-electron chi connectivity index (χ1n) is 5.95. The smallest absolute Gasteiger partial charge is 0.262 e. The van der Waals surface area contributed by atoms with Gasteiger partial charge in [0.1, 0.15) is 5.75 Å². The maximum atomic E-state index is 12.3. The van der Waals surface area contributed by atoms with Crippen LogP contribution in [-0.4, -0.2) is 15.5 Å². The van der Waals surface area contributed by atoms with Gasteiger partial charge in [-0.25, -0.2) is 8.42 Å². The summed E-state index contributed by atoms with van der Waals surface area (Å²) >= 11 is 0. The second-order valence-electron chi connectivity index (χ2n) is 4.38. The molecule has 106 valence electrons. The maximum absolute atomic E-state index is 12.3. The third kappa shape index (κ3) is 3.03. The number of benzene rings is 2. The Morgan fingerprint density at radius 2 is 1.75 bits per heavy atom. The van der Waals surface area contributed by atoms with Crippen LogP contribution >= 0.6 is 0 Å². The average molecular weight is 292 g/mol. The Labute approximate surface area is 118 Å². The van der Waals surface area contributed by atoms with Crippen LogP contribution in [0.1, 0.15) is 5.56 Å². The average Bonchev–Trinajstić information content (AvgIpc) is 2.41. The molecule has 0 heterocycles. The van der Waals surface area contributed by atoms with E-state index in [1.807, 2.05) is 19.1 Å². The van der Waals surface area contributed by atoms with Crippen molar-refractivity contribution in [2.24, 2.45) is 0 Å². The van der Waals surface area contributed by atoms with Crippen LogP contribution < -0.4 is 15.2 Å². The molecule has 6 heteroatoms. The van der Waals surface area contributed by atoms with Gasteiger partial charge in [-0.15, -0.1) is 0 Å². The number of nitrogen functional groups attached to an aromatic ring is 1. The second kappa shape index (κ2) is 5.42. The van der Waals surface area contributed by atoms with Crippen molar-refractivity contribution in [3.63, 3.8) is 0 Å². The molecule has 5 nitrogen and oxygen atoms in total. The van der Waals surface area contributed by atoms with Gasteiger partial charge in [-0.1, -0.05) is 17.7 Å². The molecule has 0 saturated heterocycles. The summed E-state index contributed by atoms with van der Waals surface area (Å²) in [4.78, 5) is 0.101. The van der Waals surface area contributed by atoms with E-state index in [1.165, 1.54) is 25.3 Å². The van der Waals surface area contributed by atoms with Gasteiger partial charge < -0.3 is 10.5 Å². The Bertz CT molecular complexity index is 710. The van der Waals surface area contributed by atoms with Crippen LogP contribution in [0, 0.1) is 6.92 Å². The molecular formula is C14H16N2O3S. The molecule has 0 saturated carbocycles. The van der Waals surface area contributed by atoms with Crippen molar-refractivity contribution in [2.45, 2.75) is 11.8 Å². The van der Waals surface area contributed by atoms with Gasteiger partial charge >= 0.3 is 0 Å². The summed E-state index contributed by atoms with van der Waals surface area (Å²) < 4.78 is 32.1. The number of hydrogen-bond acceptors (Lipinski definition) is 4. The third-order valence-electron chi connectivity index (χ3n) is 2.82. The lowest BCUT2D eigenvalue weighted by molar-refractivity contribution is 0.415. The minimum Gasteiger partial charge on any atom is -0.495 e. The first-order chi connectivity index (χ1) is 9.42. The molecule has 0 aliphatic rings. The molecule has 0 amide bonds. The van der Waals surface area contributed by atoms with E-state index in [1.54, 1.807) is 12.1 Å². The van der Waals surface area contributed by atoms with Crippen molar-refractivity contribution in [3.8, 4) is 5.75 Å². The lowest BCUT2D eigenvalue weighted by Crippen LogP contribution is -2.13. The summed E-state index contributed by atoms with van der Waals surface area (Å²) in [5.74, 6) is 0.330. The van der Waals surface area contributed by atoms with E-state index in [9.17, 15) is 8.42 Å². The number of rotatable bonds is 4. The SMILES string of the molecule is COc1cc(S(=O)(=O)Nc2ccc(C)cc2)ccc1N. The highest BCUT2D eigenvalue weighted by atomic mass is 32.2. The third-order valence-corrected chi connectivity index (χ3v) is 4.20. The zero-order chi connectivity index (χ0) is 14.8. The Kier molecular flexibility index (Phi) is 3.85. The van der Waals surface area contributed by atoms with Crippen LogP contribution in [0.5, 0.6) is 5.75 Å². The molecule has 2 rings (SSSR count). The molecule has 0 unspecified atom stereocenters. The highest BCUT2D eigenvalue weighted by Crippen LogP contribution is 2.26. The van der Waals surface area contributed by atoms with Crippen LogP contribution in [-0.2, 0) is 10.0 Å². The Hall–Kier alpha value is -2.21. The van der Waals surface area contributed by atoms with Crippen LogP contribution in [0.2, 0.25) is 0 Å². The van der Waals surface area contributed by atoms with Gasteiger partial charge in [-0.3, -0.25) is 4.72 Å². The first-order valence-corrected chi connectivity index (χ1v) is 7.44. The van der Waals surface area contributed by atoms with Crippen molar-refractivity contribution in [2.75, 3.05) is 17.6 Å². The largest absolute Gasteiger partial charge is 0.495 e. The molecule has 0 aromatic heterocycles. The maximum Gasteiger partial charge on any atom is 0.262 e. The highest BCUT2D eigenvalue weighted by molar-refractivity contribution is 7.92. The lowest BCUT2D eigenvalue weighted by atomic mass is 10.2. The molecule has 20 heavy (non-hydrogen) atoms. The molecule has 0 radical (unpaired) electrons. The van der Waals surface area contributed by atoms with E-state index in [0.29, 0.717) is 17.1 Å². The fraction of sp³-hybridized carbons (Fsp3) is 0.143. The van der Waals surface area contributed by atoms with Crippen molar-refractivity contribution in [1.82, 2.24) is 0 Å². The highest BCUT2D eigenvalue weighted by Gasteiger charge is 2.16. The monoisotopic (exact) mass is 292 g/mol. The number of ether oxygens (including phenoxy) is 1. The van der Waals surface area contributed by atoms with Gasteiger partial charge in [0.2, 0.25) is 0 Å². The summed E-state index contributed by atoms with van der Waals surface area (Å²) in [5, 5.41) is 0. The summed E-state index contributed by atoms with van der Waals surface area (Å²) in [6.45, 7) is 1.93. The number of anilines is 2. The number of methoxy groups -OCH3 is 1. The van der Waals surface area contributed by atoms with Crippen molar-refractivity contribution in [1.29, 1.82) is 0 Å². The first kappa shape index (κ1) is 14.2. The minimum absolute atomic E-state index is 0.101. The standard InChI is InChI=1S/C14H16N2O3S/c1-10-3-5-11(6-4-10)16-20(17,18)12-7-8-13(15)14(9-12)19-2/h3-9,16H,15H2,1-2H3. The lowest BCUT2D eigenvalue weighted by Gasteiger charge is -2.10. The van der Waals surface area contributed by atoms with E-state index in [4.69, 9.17) is 10.5 Å². The van der Waals surface area contributed by atoms with Gasteiger partial charge in [0.25, 0.3) is 10.0 Å². The molecule has 3 N–H and O–H groups in total. The van der Waals surface area contributed by atoms with E-state index in [-0.39, 0.29) is 4.90 Å². The molecule has 2 aromatic carbocycles. The summed E-state index contributed by atoms with van der Waals surface area (Å²) in [6.07, 6.45) is 0. The predicted molar refractivity (Wildman–Crippen MR) is 79.4 cm³/mol. The van der Waals surface area contributed by atoms with Gasteiger partial charge in [-0.2, -0.15) is 0 Å². The van der Waals surface area contributed by atoms with Crippen LogP contribution in [0.4, 0.5) is 11.4 Å². The molecule has 0 fully saturated rings. The second-order valence-corrected chi connectivity index (χ2v) is 6.06. The van der Waals surface area contributed by atoms with Gasteiger partial charge in [0.05, 0.1) is 17.7 Å². The molecule has 0 aliphatic heterocycles. The van der Waals surface area contributed by atoms with Crippen LogP contribution in [0.15, 0.2) is 47.4 Å². The topological polar surface area (TPSA) is 81.4 Å². The summed E-state index contributed by atoms with van der Waals surface area (Å²) in [7, 11) is -2.22.